The van der Waals surface area contributed by atoms with Crippen LogP contribution in [0.25, 0.3) is 10.8 Å². The highest BCUT2D eigenvalue weighted by Crippen LogP contribution is 2.31. The van der Waals surface area contributed by atoms with E-state index in [1.165, 1.54) is 44.9 Å². The van der Waals surface area contributed by atoms with Crippen molar-refractivity contribution in [2.24, 2.45) is 0 Å². The van der Waals surface area contributed by atoms with E-state index >= 15 is 0 Å². The van der Waals surface area contributed by atoms with Crippen molar-refractivity contribution in [2.45, 2.75) is 104 Å². The molecule has 5 heteroatoms. The van der Waals surface area contributed by atoms with Crippen LogP contribution in [-0.2, 0) is 12.8 Å². The van der Waals surface area contributed by atoms with E-state index in [2.05, 4.69) is 13.8 Å². The first kappa shape index (κ1) is 28.5. The molecule has 0 radical (unpaired) electrons. The number of hydrogen-bond acceptors (Lipinski definition) is 4. The summed E-state index contributed by atoms with van der Waals surface area (Å²) >= 11 is 0. The van der Waals surface area contributed by atoms with E-state index in [0.29, 0.717) is 11.8 Å². The predicted molar refractivity (Wildman–Crippen MR) is 149 cm³/mol. The Labute approximate surface area is 221 Å². The van der Waals surface area contributed by atoms with Gasteiger partial charge in [0.2, 0.25) is 0 Å². The van der Waals surface area contributed by atoms with Crippen molar-refractivity contribution in [1.82, 2.24) is 0 Å². The van der Waals surface area contributed by atoms with E-state index < -0.39 is 11.9 Å². The zero-order chi connectivity index (χ0) is 26.5. The van der Waals surface area contributed by atoms with Crippen molar-refractivity contribution in [3.63, 3.8) is 0 Å². The summed E-state index contributed by atoms with van der Waals surface area (Å²) in [5.41, 5.74) is 2.05. The van der Waals surface area contributed by atoms with Crippen LogP contribution in [0.15, 0.2) is 47.1 Å². The van der Waals surface area contributed by atoms with Crippen molar-refractivity contribution in [2.75, 3.05) is 0 Å². The lowest BCUT2D eigenvalue weighted by molar-refractivity contribution is 0.0651. The van der Waals surface area contributed by atoms with E-state index in [4.69, 9.17) is 9.15 Å². The van der Waals surface area contributed by atoms with Crippen molar-refractivity contribution in [3.8, 4) is 5.95 Å². The van der Waals surface area contributed by atoms with Gasteiger partial charge in [-0.15, -0.1) is 0 Å². The Morgan fingerprint density at radius 1 is 0.784 bits per heavy atom. The first-order valence-corrected chi connectivity index (χ1v) is 14.1. The molecule has 2 aromatic carbocycles. The number of carbonyl (C=O) groups excluding carboxylic acids is 1. The molecule has 0 atom stereocenters. The molecule has 0 saturated heterocycles. The van der Waals surface area contributed by atoms with Gasteiger partial charge in [0, 0.05) is 5.39 Å². The van der Waals surface area contributed by atoms with E-state index in [0.717, 1.165) is 55.0 Å². The second-order valence-corrected chi connectivity index (χ2v) is 9.97. The molecule has 1 N–H and O–H groups in total. The van der Waals surface area contributed by atoms with Gasteiger partial charge < -0.3 is 14.3 Å². The van der Waals surface area contributed by atoms with Crippen LogP contribution in [0.4, 0.5) is 0 Å². The number of furan rings is 1. The molecule has 3 aromatic rings. The molecular formula is C32H42O5. The molecular weight excluding hydrogens is 464 g/mol. The van der Waals surface area contributed by atoms with Gasteiger partial charge in [-0.05, 0) is 48.9 Å². The zero-order valence-electron chi connectivity index (χ0n) is 22.5. The minimum atomic E-state index is -1.12. The second-order valence-electron chi connectivity index (χ2n) is 9.97. The van der Waals surface area contributed by atoms with Crippen molar-refractivity contribution < 1.29 is 23.8 Å². The van der Waals surface area contributed by atoms with Gasteiger partial charge in [-0.3, -0.25) is 0 Å². The summed E-state index contributed by atoms with van der Waals surface area (Å²) in [5, 5.41) is 11.5. The largest absolute Gasteiger partial charge is 0.478 e. The zero-order valence-corrected chi connectivity index (χ0v) is 22.5. The molecule has 0 bridgehead atoms. The summed E-state index contributed by atoms with van der Waals surface area (Å²) in [6, 6.07) is 10.9. The smallest absolute Gasteiger partial charge is 0.347 e. The fourth-order valence-electron chi connectivity index (χ4n) is 4.98. The number of esters is 1. The minimum Gasteiger partial charge on any atom is -0.478 e. The van der Waals surface area contributed by atoms with Crippen LogP contribution in [0, 0.1) is 0 Å². The van der Waals surface area contributed by atoms with Gasteiger partial charge in [0.1, 0.15) is 6.26 Å². The highest BCUT2D eigenvalue weighted by molar-refractivity contribution is 6.05. The Morgan fingerprint density at radius 2 is 1.41 bits per heavy atom. The summed E-state index contributed by atoms with van der Waals surface area (Å²) < 4.78 is 11.2. The van der Waals surface area contributed by atoms with Gasteiger partial charge in [-0.1, -0.05) is 102 Å². The number of ether oxygens (including phenoxy) is 1. The Bertz CT molecular complexity index is 1140. The van der Waals surface area contributed by atoms with E-state index in [1.807, 2.05) is 30.3 Å². The Balaban J connectivity index is 1.86. The van der Waals surface area contributed by atoms with Crippen LogP contribution < -0.4 is 4.74 Å². The maximum atomic E-state index is 13.5. The molecule has 0 fully saturated rings. The van der Waals surface area contributed by atoms with Gasteiger partial charge in [0.25, 0.3) is 0 Å². The molecule has 0 aliphatic rings. The third-order valence-electron chi connectivity index (χ3n) is 7.08. The maximum absolute atomic E-state index is 13.5. The molecule has 0 spiro atoms. The molecule has 37 heavy (non-hydrogen) atoms. The van der Waals surface area contributed by atoms with Crippen LogP contribution in [-0.4, -0.2) is 17.0 Å². The SMILES string of the molecule is CCCCCCCCc1ccc(C(=O)O)c(C(=O)Oc2occ3ccccc23)c1CCCCCCCC. The number of unbranched alkanes of at least 4 members (excludes halogenated alkanes) is 10. The first-order valence-electron chi connectivity index (χ1n) is 14.1. The third-order valence-corrected chi connectivity index (χ3v) is 7.08. The monoisotopic (exact) mass is 506 g/mol. The number of aryl methyl sites for hydroxylation is 1. The molecule has 0 saturated carbocycles. The summed E-state index contributed by atoms with van der Waals surface area (Å²) in [6.07, 6.45) is 16.9. The number of carbonyl (C=O) groups is 2. The molecule has 200 valence electrons. The van der Waals surface area contributed by atoms with Crippen molar-refractivity contribution >= 4 is 22.7 Å². The minimum absolute atomic E-state index is 0.00598. The van der Waals surface area contributed by atoms with Gasteiger partial charge in [-0.25, -0.2) is 9.59 Å². The number of aromatic carboxylic acids is 1. The number of carboxylic acids is 1. The molecule has 5 nitrogen and oxygen atoms in total. The highest BCUT2D eigenvalue weighted by atomic mass is 16.6. The topological polar surface area (TPSA) is 76.7 Å². The Kier molecular flexibility index (Phi) is 11.7. The quantitative estimate of drug-likeness (QED) is 0.146. The molecule has 0 unspecified atom stereocenters. The van der Waals surface area contributed by atoms with Gasteiger partial charge >= 0.3 is 17.9 Å². The van der Waals surface area contributed by atoms with Gasteiger partial charge in [0.05, 0.1) is 16.5 Å². The van der Waals surface area contributed by atoms with E-state index in [9.17, 15) is 14.7 Å². The molecule has 0 aliphatic carbocycles. The number of hydrogen-bond donors (Lipinski definition) is 1. The number of benzene rings is 2. The van der Waals surface area contributed by atoms with Gasteiger partial charge in [0.15, 0.2) is 0 Å². The summed E-state index contributed by atoms with van der Waals surface area (Å²) in [6.45, 7) is 4.41. The third kappa shape index (κ3) is 8.21. The average Bonchev–Trinajstić information content (AvgIpc) is 3.30. The number of rotatable bonds is 17. The molecule has 0 amide bonds. The Hall–Kier alpha value is -3.08. The lowest BCUT2D eigenvalue weighted by Gasteiger charge is -2.17. The van der Waals surface area contributed by atoms with Crippen LogP contribution in [0.2, 0.25) is 0 Å². The van der Waals surface area contributed by atoms with Crippen molar-refractivity contribution in [3.05, 3.63) is 64.9 Å². The van der Waals surface area contributed by atoms with Crippen molar-refractivity contribution in [1.29, 1.82) is 0 Å². The lowest BCUT2D eigenvalue weighted by Crippen LogP contribution is -2.18. The number of fused-ring (bicyclic) bond motifs is 1. The first-order chi connectivity index (χ1) is 18.1. The summed E-state index contributed by atoms with van der Waals surface area (Å²) in [5.74, 6) is -1.68. The fourth-order valence-corrected chi connectivity index (χ4v) is 4.98. The van der Waals surface area contributed by atoms with Crippen LogP contribution in [0.1, 0.15) is 123 Å². The maximum Gasteiger partial charge on any atom is 0.347 e. The predicted octanol–water partition coefficient (Wildman–Crippen LogP) is 9.16. The summed E-state index contributed by atoms with van der Waals surface area (Å²) in [7, 11) is 0. The standard InChI is InChI=1S/C32H42O5/c1-3-5-7-9-11-13-17-24-21-22-28(30(33)34)29(26(24)19-14-12-10-8-6-4-2)31(35)37-32-27-20-16-15-18-25(27)23-36-32/h15-16,18,20-23H,3-14,17,19H2,1-2H3,(H,33,34). The Morgan fingerprint density at radius 3 is 2.08 bits per heavy atom. The molecule has 1 aromatic heterocycles. The van der Waals surface area contributed by atoms with Gasteiger partial charge in [-0.2, -0.15) is 0 Å². The van der Waals surface area contributed by atoms with E-state index in [-0.39, 0.29) is 17.1 Å². The van der Waals surface area contributed by atoms with Crippen LogP contribution in [0.3, 0.4) is 0 Å². The molecule has 0 aliphatic heterocycles. The fraction of sp³-hybridized carbons (Fsp3) is 0.500. The van der Waals surface area contributed by atoms with Crippen LogP contribution >= 0.6 is 0 Å². The highest BCUT2D eigenvalue weighted by Gasteiger charge is 2.26. The lowest BCUT2D eigenvalue weighted by atomic mass is 9.89. The molecule has 3 rings (SSSR count). The second kappa shape index (κ2) is 15.2. The van der Waals surface area contributed by atoms with Crippen LogP contribution in [0.5, 0.6) is 5.95 Å². The molecule has 1 heterocycles. The summed E-state index contributed by atoms with van der Waals surface area (Å²) in [4.78, 5) is 25.7. The average molecular weight is 507 g/mol. The normalized spacial score (nSPS) is 11.2. The number of carboxylic acid groups (broad SMARTS) is 1. The van der Waals surface area contributed by atoms with E-state index in [1.54, 1.807) is 12.3 Å².